The maximum absolute atomic E-state index is 13.7. The molecule has 1 N–H and O–H groups in total. The average molecular weight is 236 g/mol. The van der Waals surface area contributed by atoms with E-state index in [4.69, 9.17) is 10.1 Å². The summed E-state index contributed by atoms with van der Waals surface area (Å²) in [6.07, 6.45) is 2.88. The highest BCUT2D eigenvalue weighted by Crippen LogP contribution is 2.26. The van der Waals surface area contributed by atoms with Crippen LogP contribution < -0.4 is 9.64 Å². The van der Waals surface area contributed by atoms with Gasteiger partial charge in [0.15, 0.2) is 11.6 Å². The second-order valence-electron chi connectivity index (χ2n) is 4.10. The minimum absolute atomic E-state index is 0.278. The van der Waals surface area contributed by atoms with E-state index in [1.807, 2.05) is 17.9 Å². The molecule has 1 aromatic rings. The molecule has 92 valence electrons. The molecule has 1 heterocycles. The molecule has 0 unspecified atom stereocenters. The number of hydrogen-bond acceptors (Lipinski definition) is 2. The van der Waals surface area contributed by atoms with Crippen molar-refractivity contribution < 1.29 is 9.13 Å². The summed E-state index contributed by atoms with van der Waals surface area (Å²) in [7, 11) is 0. The third kappa shape index (κ3) is 2.57. The van der Waals surface area contributed by atoms with Gasteiger partial charge in [0, 0.05) is 24.7 Å². The SMILES string of the molecule is CCOc1ccc(N2CCCCC2=N)cc1F. The quantitative estimate of drug-likeness (QED) is 0.875. The van der Waals surface area contributed by atoms with E-state index in [1.54, 1.807) is 6.07 Å². The van der Waals surface area contributed by atoms with E-state index in [2.05, 4.69) is 0 Å². The van der Waals surface area contributed by atoms with Gasteiger partial charge in [0.1, 0.15) is 5.84 Å². The van der Waals surface area contributed by atoms with Gasteiger partial charge in [-0.1, -0.05) is 0 Å². The number of nitrogens with one attached hydrogen (secondary N) is 1. The minimum atomic E-state index is -0.359. The second kappa shape index (κ2) is 5.17. The van der Waals surface area contributed by atoms with Crippen LogP contribution in [0.4, 0.5) is 10.1 Å². The zero-order valence-electron chi connectivity index (χ0n) is 10.0. The van der Waals surface area contributed by atoms with Crippen LogP contribution in [-0.2, 0) is 0 Å². The molecule has 0 spiro atoms. The smallest absolute Gasteiger partial charge is 0.167 e. The van der Waals surface area contributed by atoms with Crippen molar-refractivity contribution in [3.63, 3.8) is 0 Å². The summed E-state index contributed by atoms with van der Waals surface area (Å²) in [5.74, 6) is 0.488. The normalized spacial score (nSPS) is 16.1. The van der Waals surface area contributed by atoms with Crippen LogP contribution in [-0.4, -0.2) is 19.0 Å². The first-order chi connectivity index (χ1) is 8.22. The number of amidine groups is 1. The van der Waals surface area contributed by atoms with Crippen molar-refractivity contribution in [3.8, 4) is 5.75 Å². The number of benzene rings is 1. The molecule has 0 aliphatic carbocycles. The molecular formula is C13H17FN2O. The molecule has 0 radical (unpaired) electrons. The highest BCUT2D eigenvalue weighted by molar-refractivity contribution is 5.96. The Morgan fingerprint density at radius 3 is 2.88 bits per heavy atom. The van der Waals surface area contributed by atoms with Crippen LogP contribution in [0.3, 0.4) is 0 Å². The summed E-state index contributed by atoms with van der Waals surface area (Å²) in [5.41, 5.74) is 0.746. The average Bonchev–Trinajstić information content (AvgIpc) is 2.33. The van der Waals surface area contributed by atoms with E-state index in [9.17, 15) is 4.39 Å². The molecule has 1 fully saturated rings. The summed E-state index contributed by atoms with van der Waals surface area (Å²) in [6.45, 7) is 3.08. The van der Waals surface area contributed by atoms with Gasteiger partial charge in [-0.15, -0.1) is 0 Å². The number of halogens is 1. The molecule has 0 atom stereocenters. The predicted octanol–water partition coefficient (Wildman–Crippen LogP) is 3.19. The Morgan fingerprint density at radius 2 is 2.24 bits per heavy atom. The minimum Gasteiger partial charge on any atom is -0.491 e. The Labute approximate surface area is 101 Å². The molecule has 0 bridgehead atoms. The standard InChI is InChI=1S/C13H17FN2O/c1-2-17-12-7-6-10(9-11(12)14)16-8-4-3-5-13(16)15/h6-7,9,15H,2-5,8H2,1H3. The maximum atomic E-state index is 13.7. The first-order valence-electron chi connectivity index (χ1n) is 5.99. The lowest BCUT2D eigenvalue weighted by Gasteiger charge is -2.29. The van der Waals surface area contributed by atoms with E-state index in [-0.39, 0.29) is 11.6 Å². The fraction of sp³-hybridized carbons (Fsp3) is 0.462. The molecule has 1 aliphatic rings. The van der Waals surface area contributed by atoms with Crippen molar-refractivity contribution in [2.24, 2.45) is 0 Å². The molecule has 0 saturated carbocycles. The van der Waals surface area contributed by atoms with E-state index in [0.29, 0.717) is 12.4 Å². The largest absolute Gasteiger partial charge is 0.491 e. The number of nitrogens with zero attached hydrogens (tertiary/aromatic N) is 1. The molecule has 17 heavy (non-hydrogen) atoms. The van der Waals surface area contributed by atoms with Gasteiger partial charge in [0.2, 0.25) is 0 Å². The fourth-order valence-corrected chi connectivity index (χ4v) is 2.05. The first kappa shape index (κ1) is 11.9. The Balaban J connectivity index is 2.21. The van der Waals surface area contributed by atoms with Gasteiger partial charge in [0.25, 0.3) is 0 Å². The van der Waals surface area contributed by atoms with Gasteiger partial charge in [-0.25, -0.2) is 4.39 Å². The third-order valence-electron chi connectivity index (χ3n) is 2.90. The highest BCUT2D eigenvalue weighted by atomic mass is 19.1. The van der Waals surface area contributed by atoms with Gasteiger partial charge in [-0.3, -0.25) is 5.41 Å². The van der Waals surface area contributed by atoms with Crippen LogP contribution in [0.25, 0.3) is 0 Å². The van der Waals surface area contributed by atoms with Crippen molar-refractivity contribution in [2.75, 3.05) is 18.1 Å². The van der Waals surface area contributed by atoms with Gasteiger partial charge in [0.05, 0.1) is 6.61 Å². The van der Waals surface area contributed by atoms with Crippen LogP contribution >= 0.6 is 0 Å². The van der Waals surface area contributed by atoms with Crippen LogP contribution in [0.15, 0.2) is 18.2 Å². The predicted molar refractivity (Wildman–Crippen MR) is 66.5 cm³/mol. The summed E-state index contributed by atoms with van der Waals surface area (Å²) >= 11 is 0. The van der Waals surface area contributed by atoms with E-state index < -0.39 is 0 Å². The number of hydrogen-bond donors (Lipinski definition) is 1. The van der Waals surface area contributed by atoms with E-state index in [1.165, 1.54) is 6.07 Å². The van der Waals surface area contributed by atoms with Crippen molar-refractivity contribution in [2.45, 2.75) is 26.2 Å². The first-order valence-corrected chi connectivity index (χ1v) is 5.99. The molecular weight excluding hydrogens is 219 g/mol. The van der Waals surface area contributed by atoms with Gasteiger partial charge >= 0.3 is 0 Å². The van der Waals surface area contributed by atoms with Crippen molar-refractivity contribution in [1.82, 2.24) is 0 Å². The number of piperidine rings is 1. The van der Waals surface area contributed by atoms with Crippen LogP contribution in [0.2, 0.25) is 0 Å². The molecule has 3 nitrogen and oxygen atoms in total. The monoisotopic (exact) mass is 236 g/mol. The van der Waals surface area contributed by atoms with Crippen molar-refractivity contribution in [1.29, 1.82) is 5.41 Å². The molecule has 0 aromatic heterocycles. The Morgan fingerprint density at radius 1 is 1.41 bits per heavy atom. The maximum Gasteiger partial charge on any atom is 0.167 e. The number of rotatable bonds is 3. The zero-order valence-corrected chi connectivity index (χ0v) is 10.0. The summed E-state index contributed by atoms with van der Waals surface area (Å²) in [5, 5.41) is 7.86. The molecule has 2 rings (SSSR count). The topological polar surface area (TPSA) is 36.3 Å². The van der Waals surface area contributed by atoms with E-state index >= 15 is 0 Å². The van der Waals surface area contributed by atoms with Gasteiger partial charge in [-0.05, 0) is 31.9 Å². The Bertz CT molecular complexity index is 420. The van der Waals surface area contributed by atoms with Crippen molar-refractivity contribution >= 4 is 11.5 Å². The highest BCUT2D eigenvalue weighted by Gasteiger charge is 2.17. The van der Waals surface area contributed by atoms with Gasteiger partial charge < -0.3 is 9.64 Å². The van der Waals surface area contributed by atoms with E-state index in [0.717, 1.165) is 31.5 Å². The molecule has 0 amide bonds. The van der Waals surface area contributed by atoms with Gasteiger partial charge in [-0.2, -0.15) is 0 Å². The summed E-state index contributed by atoms with van der Waals surface area (Å²) in [6, 6.07) is 4.90. The number of anilines is 1. The second-order valence-corrected chi connectivity index (χ2v) is 4.10. The van der Waals surface area contributed by atoms with Crippen LogP contribution in [0, 0.1) is 11.2 Å². The molecule has 1 saturated heterocycles. The lowest BCUT2D eigenvalue weighted by atomic mass is 10.1. The zero-order chi connectivity index (χ0) is 12.3. The summed E-state index contributed by atoms with van der Waals surface area (Å²) < 4.78 is 18.9. The Hall–Kier alpha value is -1.58. The van der Waals surface area contributed by atoms with Crippen LogP contribution in [0.5, 0.6) is 5.75 Å². The Kier molecular flexibility index (Phi) is 3.61. The molecule has 1 aliphatic heterocycles. The lowest BCUT2D eigenvalue weighted by molar-refractivity contribution is 0.321. The fourth-order valence-electron chi connectivity index (χ4n) is 2.05. The summed E-state index contributed by atoms with van der Waals surface area (Å²) in [4.78, 5) is 1.86. The number of ether oxygens (including phenoxy) is 1. The molecule has 4 heteroatoms. The van der Waals surface area contributed by atoms with Crippen molar-refractivity contribution in [3.05, 3.63) is 24.0 Å². The molecule has 1 aromatic carbocycles. The van der Waals surface area contributed by atoms with Crippen LogP contribution in [0.1, 0.15) is 26.2 Å². The lowest BCUT2D eigenvalue weighted by Crippen LogP contribution is -2.34. The third-order valence-corrected chi connectivity index (χ3v) is 2.90.